The van der Waals surface area contributed by atoms with E-state index in [4.69, 9.17) is 0 Å². The highest BCUT2D eigenvalue weighted by Gasteiger charge is 2.14. The second-order valence-electron chi connectivity index (χ2n) is 8.53. The van der Waals surface area contributed by atoms with Crippen molar-refractivity contribution in [3.63, 3.8) is 0 Å². The standard InChI is InChI=1S/C25H44N/c1-4-5-6-7-8-9-10-11-12-13-14-15-16-20-23-26(2,3)24-25-21-18-17-19-22-25/h9-10,17-19,21-22H,4-8,11-16,20,23-24H2,1-3H3/q+1/b10-9+. The zero-order valence-electron chi connectivity index (χ0n) is 17.9. The molecule has 0 N–H and O–H groups in total. The lowest BCUT2D eigenvalue weighted by atomic mass is 10.1. The highest BCUT2D eigenvalue weighted by molar-refractivity contribution is 5.13. The first-order valence-corrected chi connectivity index (χ1v) is 11.1. The van der Waals surface area contributed by atoms with Crippen molar-refractivity contribution in [3.05, 3.63) is 48.0 Å². The number of rotatable bonds is 16. The SMILES string of the molecule is CCCCCC/C=C/CCCCCCCC[N+](C)(C)Cc1ccccc1. The summed E-state index contributed by atoms with van der Waals surface area (Å²) in [6.45, 7) is 4.71. The Morgan fingerprint density at radius 3 is 1.85 bits per heavy atom. The lowest BCUT2D eigenvalue weighted by Crippen LogP contribution is -2.39. The highest BCUT2D eigenvalue weighted by Crippen LogP contribution is 2.13. The van der Waals surface area contributed by atoms with Crippen molar-refractivity contribution in [2.75, 3.05) is 20.6 Å². The van der Waals surface area contributed by atoms with Gasteiger partial charge in [-0.2, -0.15) is 0 Å². The predicted octanol–water partition coefficient (Wildman–Crippen LogP) is 7.52. The average molecular weight is 359 g/mol. The molecule has 0 amide bonds. The minimum atomic E-state index is 1.10. The van der Waals surface area contributed by atoms with E-state index in [9.17, 15) is 0 Å². The Hall–Kier alpha value is -1.08. The van der Waals surface area contributed by atoms with Crippen LogP contribution in [0.2, 0.25) is 0 Å². The molecule has 1 aromatic rings. The molecule has 0 saturated carbocycles. The Morgan fingerprint density at radius 2 is 1.23 bits per heavy atom. The van der Waals surface area contributed by atoms with Crippen LogP contribution >= 0.6 is 0 Å². The third kappa shape index (κ3) is 13.2. The zero-order chi connectivity index (χ0) is 18.9. The number of benzene rings is 1. The Kier molecular flexibility index (Phi) is 13.3. The normalized spacial score (nSPS) is 12.1. The number of allylic oxidation sites excluding steroid dienone is 2. The van der Waals surface area contributed by atoms with Crippen molar-refractivity contribution in [3.8, 4) is 0 Å². The van der Waals surface area contributed by atoms with E-state index in [2.05, 4.69) is 63.5 Å². The molecule has 0 saturated heterocycles. The number of quaternary nitrogens is 1. The van der Waals surface area contributed by atoms with E-state index in [0.29, 0.717) is 0 Å². The summed E-state index contributed by atoms with van der Waals surface area (Å²) >= 11 is 0. The summed E-state index contributed by atoms with van der Waals surface area (Å²) in [4.78, 5) is 0. The van der Waals surface area contributed by atoms with Crippen LogP contribution in [0.25, 0.3) is 0 Å². The lowest BCUT2D eigenvalue weighted by Gasteiger charge is -2.30. The summed E-state index contributed by atoms with van der Waals surface area (Å²) in [7, 11) is 4.73. The van der Waals surface area contributed by atoms with Gasteiger partial charge in [-0.05, 0) is 38.5 Å². The van der Waals surface area contributed by atoms with Gasteiger partial charge in [0, 0.05) is 5.56 Å². The Bertz CT molecular complexity index is 446. The summed E-state index contributed by atoms with van der Waals surface area (Å²) in [6, 6.07) is 10.9. The molecule has 1 aromatic carbocycles. The molecule has 0 radical (unpaired) electrons. The third-order valence-corrected chi connectivity index (χ3v) is 5.23. The molecule has 1 rings (SSSR count). The summed E-state index contributed by atoms with van der Waals surface area (Å²) in [5, 5.41) is 0. The minimum absolute atomic E-state index is 1.10. The largest absolute Gasteiger partial charge is 0.325 e. The Balaban J connectivity index is 1.92. The van der Waals surface area contributed by atoms with Crippen LogP contribution in [0.15, 0.2) is 42.5 Å². The molecule has 0 aliphatic rings. The molecule has 0 aromatic heterocycles. The molecule has 1 heteroatoms. The Morgan fingerprint density at radius 1 is 0.692 bits per heavy atom. The van der Waals surface area contributed by atoms with Crippen LogP contribution < -0.4 is 0 Å². The molecule has 0 bridgehead atoms. The first-order chi connectivity index (χ1) is 12.6. The fourth-order valence-corrected chi connectivity index (χ4v) is 3.59. The van der Waals surface area contributed by atoms with Crippen molar-refractivity contribution in [2.24, 2.45) is 0 Å². The van der Waals surface area contributed by atoms with E-state index in [0.717, 1.165) is 11.0 Å². The van der Waals surface area contributed by atoms with E-state index in [1.807, 2.05) is 0 Å². The first kappa shape index (κ1) is 23.0. The fraction of sp³-hybridized carbons (Fsp3) is 0.680. The van der Waals surface area contributed by atoms with Crippen molar-refractivity contribution >= 4 is 0 Å². The molecular weight excluding hydrogens is 314 g/mol. The number of nitrogens with zero attached hydrogens (tertiary/aromatic N) is 1. The number of hydrogen-bond donors (Lipinski definition) is 0. The fourth-order valence-electron chi connectivity index (χ4n) is 3.59. The van der Waals surface area contributed by atoms with E-state index < -0.39 is 0 Å². The molecule has 0 atom stereocenters. The Labute approximate surface area is 164 Å². The first-order valence-electron chi connectivity index (χ1n) is 11.1. The molecule has 148 valence electrons. The van der Waals surface area contributed by atoms with Gasteiger partial charge < -0.3 is 4.48 Å². The molecule has 0 aliphatic heterocycles. The molecule has 0 spiro atoms. The van der Waals surface area contributed by atoms with E-state index in [1.54, 1.807) is 0 Å². The summed E-state index contributed by atoms with van der Waals surface area (Å²) in [6.07, 6.45) is 21.3. The van der Waals surface area contributed by atoms with Gasteiger partial charge >= 0.3 is 0 Å². The molecule has 0 aliphatic carbocycles. The summed E-state index contributed by atoms with van der Waals surface area (Å²) in [5.41, 5.74) is 1.45. The molecular formula is C25H44N+. The van der Waals surface area contributed by atoms with Crippen LogP contribution in [-0.2, 0) is 6.54 Å². The van der Waals surface area contributed by atoms with Crippen LogP contribution in [0.1, 0.15) is 89.5 Å². The predicted molar refractivity (Wildman–Crippen MR) is 117 cm³/mol. The van der Waals surface area contributed by atoms with Gasteiger partial charge in [0.05, 0.1) is 20.6 Å². The van der Waals surface area contributed by atoms with Gasteiger partial charge in [0.2, 0.25) is 0 Å². The van der Waals surface area contributed by atoms with Crippen LogP contribution in [0, 0.1) is 0 Å². The van der Waals surface area contributed by atoms with Gasteiger partial charge in [0.1, 0.15) is 6.54 Å². The monoisotopic (exact) mass is 358 g/mol. The minimum Gasteiger partial charge on any atom is -0.325 e. The van der Waals surface area contributed by atoms with Crippen LogP contribution in [0.3, 0.4) is 0 Å². The second-order valence-corrected chi connectivity index (χ2v) is 8.53. The topological polar surface area (TPSA) is 0 Å². The van der Waals surface area contributed by atoms with Crippen LogP contribution in [0.5, 0.6) is 0 Å². The van der Waals surface area contributed by atoms with Crippen LogP contribution in [-0.4, -0.2) is 25.1 Å². The van der Waals surface area contributed by atoms with Gasteiger partial charge in [-0.25, -0.2) is 0 Å². The van der Waals surface area contributed by atoms with Crippen molar-refractivity contribution in [1.82, 2.24) is 0 Å². The smallest absolute Gasteiger partial charge is 0.104 e. The maximum absolute atomic E-state index is 2.41. The molecule has 0 heterocycles. The van der Waals surface area contributed by atoms with E-state index in [-0.39, 0.29) is 0 Å². The molecule has 0 fully saturated rings. The molecule has 1 nitrogen and oxygen atoms in total. The van der Waals surface area contributed by atoms with Gasteiger partial charge in [-0.15, -0.1) is 0 Å². The number of hydrogen-bond acceptors (Lipinski definition) is 0. The van der Waals surface area contributed by atoms with Crippen molar-refractivity contribution in [1.29, 1.82) is 0 Å². The van der Waals surface area contributed by atoms with Crippen molar-refractivity contribution < 1.29 is 4.48 Å². The van der Waals surface area contributed by atoms with E-state index in [1.165, 1.54) is 89.2 Å². The maximum Gasteiger partial charge on any atom is 0.104 e. The van der Waals surface area contributed by atoms with Gasteiger partial charge in [-0.3, -0.25) is 0 Å². The summed E-state index contributed by atoms with van der Waals surface area (Å²) < 4.78 is 1.10. The van der Waals surface area contributed by atoms with Crippen LogP contribution in [0.4, 0.5) is 0 Å². The van der Waals surface area contributed by atoms with Crippen molar-refractivity contribution in [2.45, 2.75) is 90.5 Å². The molecule has 0 unspecified atom stereocenters. The molecule has 26 heavy (non-hydrogen) atoms. The third-order valence-electron chi connectivity index (χ3n) is 5.23. The van der Waals surface area contributed by atoms with Gasteiger partial charge in [0.25, 0.3) is 0 Å². The lowest BCUT2D eigenvalue weighted by molar-refractivity contribution is -0.903. The summed E-state index contributed by atoms with van der Waals surface area (Å²) in [5.74, 6) is 0. The van der Waals surface area contributed by atoms with Gasteiger partial charge in [0.15, 0.2) is 0 Å². The highest BCUT2D eigenvalue weighted by atomic mass is 15.3. The number of unbranched alkanes of at least 4 members (excludes halogenated alkanes) is 10. The average Bonchev–Trinajstić information content (AvgIpc) is 2.62. The van der Waals surface area contributed by atoms with E-state index >= 15 is 0 Å². The zero-order valence-corrected chi connectivity index (χ0v) is 17.9. The quantitative estimate of drug-likeness (QED) is 0.163. The van der Waals surface area contributed by atoms with Gasteiger partial charge in [-0.1, -0.05) is 87.9 Å². The maximum atomic E-state index is 2.41. The second kappa shape index (κ2) is 15.0.